The normalized spacial score (nSPS) is 10.9. The van der Waals surface area contributed by atoms with Crippen LogP contribution < -0.4 is 18.3 Å². The molecular formula is C108H104N4+4. The number of pyridine rings is 4. The van der Waals surface area contributed by atoms with Crippen molar-refractivity contribution in [2.45, 2.75) is 83.1 Å². The molecule has 552 valence electrons. The molecule has 0 spiro atoms. The summed E-state index contributed by atoms with van der Waals surface area (Å²) in [5.74, 6) is 0. The van der Waals surface area contributed by atoms with Crippen molar-refractivity contribution in [3.05, 3.63) is 407 Å². The lowest BCUT2D eigenvalue weighted by Gasteiger charge is -2.13. The highest BCUT2D eigenvalue weighted by molar-refractivity contribution is 5.82. The van der Waals surface area contributed by atoms with Crippen molar-refractivity contribution < 1.29 is 18.3 Å². The summed E-state index contributed by atoms with van der Waals surface area (Å²) in [7, 11) is 8.50. The molecule has 0 radical (unpaired) electrons. The van der Waals surface area contributed by atoms with E-state index in [1.165, 1.54) is 201 Å². The molecule has 16 rings (SSSR count). The van der Waals surface area contributed by atoms with E-state index in [0.717, 1.165) is 0 Å². The van der Waals surface area contributed by atoms with Gasteiger partial charge in [0.1, 0.15) is 28.2 Å². The van der Waals surface area contributed by atoms with Crippen LogP contribution in [0.1, 0.15) is 66.8 Å². The van der Waals surface area contributed by atoms with Crippen LogP contribution in [0.25, 0.3) is 134 Å². The van der Waals surface area contributed by atoms with Gasteiger partial charge in [0, 0.05) is 70.3 Å². The van der Waals surface area contributed by atoms with Gasteiger partial charge >= 0.3 is 0 Å². The molecule has 4 nitrogen and oxygen atoms in total. The summed E-state index contributed by atoms with van der Waals surface area (Å²) in [6, 6.07) is 114. The van der Waals surface area contributed by atoms with Gasteiger partial charge in [-0.05, 0) is 246 Å². The topological polar surface area (TPSA) is 15.5 Å². The summed E-state index contributed by atoms with van der Waals surface area (Å²) >= 11 is 0. The second-order valence-electron chi connectivity index (χ2n) is 30.4. The lowest BCUT2D eigenvalue weighted by molar-refractivity contribution is -0.660. The van der Waals surface area contributed by atoms with Crippen molar-refractivity contribution >= 4 is 0 Å². The van der Waals surface area contributed by atoms with E-state index in [4.69, 9.17) is 0 Å². The van der Waals surface area contributed by atoms with Gasteiger partial charge in [0.15, 0.2) is 24.8 Å². The second kappa shape index (κ2) is 34.9. The zero-order valence-corrected chi connectivity index (χ0v) is 68.1. The summed E-state index contributed by atoms with van der Waals surface area (Å²) in [6.45, 7) is 26.2. The van der Waals surface area contributed by atoms with E-state index < -0.39 is 0 Å². The van der Waals surface area contributed by atoms with Crippen molar-refractivity contribution in [1.29, 1.82) is 0 Å². The minimum Gasteiger partial charge on any atom is -0.201 e. The summed E-state index contributed by atoms with van der Waals surface area (Å²) < 4.78 is 8.89. The molecule has 0 saturated carbocycles. The number of benzene rings is 12. The Morgan fingerprint density at radius 3 is 0.830 bits per heavy atom. The standard InChI is InChI=1S/C28H28N.2C27H26N.C26H24N/c1-19-15-21(3)28(22(4)16-19)25-13-14-29(5)27(18-25)26-17-24(12-11-20(26)2)23-9-7-6-8-10-23;1-19-13-14-23(22-11-6-5-7-12-22)17-25(19)26-18-24(15-16-28(26)4)27-20(2)9-8-10-21(27)3;1-19-10-13-25(21(3)16-19)24-14-15-28(4)27(18-24)26-17-23(12-11-20(26)2)22-8-6-5-7-9-22;1-19-14-15-23(21-10-6-4-7-11-21)16-25(19)26-17-24(20(2)18-27(26)3)22-12-8-5-9-13-22/h6-18H,1-5H3;2*5-18H,1-4H3;4-18H,1-3H3/q4*+1. The second-order valence-corrected chi connectivity index (χ2v) is 30.4. The number of aromatic nitrogens is 4. The summed E-state index contributed by atoms with van der Waals surface area (Å²) in [4.78, 5) is 0. The Hall–Kier alpha value is -12.8. The SMILES string of the molecule is Cc1c[n+](C)c(-c2cc(-c3ccccc3)ccc2C)cc1-c1ccccc1.Cc1cc(C)c(-c2cc[n+](C)c(-c3cc(-c4ccccc4)ccc3C)c2)c(C)c1.Cc1ccc(-c2cc[n+](C)c(-c3cc(-c4ccccc4)ccc3C)c2)c(C)c1.Cc1ccc(-c2ccccc2)cc1-c1cc(-c2c(C)cccc2C)cc[n+]1C. The first-order valence-corrected chi connectivity index (χ1v) is 39.1. The third-order valence-electron chi connectivity index (χ3n) is 21.9. The average molecular weight is 1460 g/mol. The largest absolute Gasteiger partial charge is 0.213 e. The summed E-state index contributed by atoms with van der Waals surface area (Å²) in [6.07, 6.45) is 8.74. The van der Waals surface area contributed by atoms with Gasteiger partial charge in [-0.2, -0.15) is 0 Å². The quantitative estimate of drug-likeness (QED) is 0.108. The fourth-order valence-corrected chi connectivity index (χ4v) is 15.8. The van der Waals surface area contributed by atoms with E-state index in [2.05, 4.69) is 470 Å². The summed E-state index contributed by atoms with van der Waals surface area (Å²) in [5.41, 5.74) is 46.0. The van der Waals surface area contributed by atoms with Gasteiger partial charge in [-0.15, -0.1) is 0 Å². The molecule has 0 aliphatic rings. The first-order valence-electron chi connectivity index (χ1n) is 39.1. The molecule has 0 saturated heterocycles. The molecule has 4 aromatic heterocycles. The number of hydrogen-bond donors (Lipinski definition) is 0. The monoisotopic (exact) mass is 1460 g/mol. The van der Waals surface area contributed by atoms with E-state index in [0.29, 0.717) is 0 Å². The van der Waals surface area contributed by atoms with E-state index in [-0.39, 0.29) is 0 Å². The fraction of sp³-hybridized carbons (Fsp3) is 0.148. The minimum absolute atomic E-state index is 1.23. The van der Waals surface area contributed by atoms with Crippen molar-refractivity contribution in [2.75, 3.05) is 0 Å². The van der Waals surface area contributed by atoms with Crippen LogP contribution in [-0.4, -0.2) is 0 Å². The van der Waals surface area contributed by atoms with E-state index in [1.54, 1.807) is 0 Å². The Balaban J connectivity index is 0.000000131. The summed E-state index contributed by atoms with van der Waals surface area (Å²) in [5, 5.41) is 0. The molecule has 16 aromatic rings. The molecule has 0 amide bonds. The molecule has 0 unspecified atom stereocenters. The highest BCUT2D eigenvalue weighted by Crippen LogP contribution is 2.38. The molecule has 112 heavy (non-hydrogen) atoms. The molecule has 0 bridgehead atoms. The minimum atomic E-state index is 1.23. The fourth-order valence-electron chi connectivity index (χ4n) is 15.8. The first-order chi connectivity index (χ1) is 54.1. The molecule has 0 atom stereocenters. The molecule has 0 aliphatic carbocycles. The van der Waals surface area contributed by atoms with Crippen LogP contribution >= 0.6 is 0 Å². The maximum atomic E-state index is 2.34. The van der Waals surface area contributed by atoms with Crippen molar-refractivity contribution in [1.82, 2.24) is 0 Å². The van der Waals surface area contributed by atoms with Crippen molar-refractivity contribution in [3.8, 4) is 134 Å². The van der Waals surface area contributed by atoms with Gasteiger partial charge in [-0.3, -0.25) is 0 Å². The van der Waals surface area contributed by atoms with Gasteiger partial charge in [0.05, 0.1) is 0 Å². The smallest absolute Gasteiger partial charge is 0.201 e. The Kier molecular flexibility index (Phi) is 24.1. The van der Waals surface area contributed by atoms with Gasteiger partial charge in [0.25, 0.3) is 0 Å². The third-order valence-corrected chi connectivity index (χ3v) is 21.9. The average Bonchev–Trinajstić information content (AvgIpc) is 0.796. The Labute approximate surface area is 666 Å². The molecule has 4 heteroatoms. The Morgan fingerprint density at radius 1 is 0.161 bits per heavy atom. The molecule has 12 aromatic carbocycles. The number of rotatable bonds is 12. The maximum absolute atomic E-state index is 2.34. The van der Waals surface area contributed by atoms with E-state index in [1.807, 2.05) is 0 Å². The number of nitrogens with zero attached hydrogens (tertiary/aromatic N) is 4. The maximum Gasteiger partial charge on any atom is 0.213 e. The Bertz CT molecular complexity index is 5990. The number of aryl methyl sites for hydroxylation is 16. The third kappa shape index (κ3) is 17.8. The lowest BCUT2D eigenvalue weighted by atomic mass is 9.92. The zero-order chi connectivity index (χ0) is 78.7. The number of hydrogen-bond acceptors (Lipinski definition) is 0. The van der Waals surface area contributed by atoms with Crippen LogP contribution in [0.5, 0.6) is 0 Å². The molecule has 4 heterocycles. The lowest BCUT2D eigenvalue weighted by Crippen LogP contribution is -2.31. The van der Waals surface area contributed by atoms with E-state index in [9.17, 15) is 0 Å². The van der Waals surface area contributed by atoms with Crippen LogP contribution in [0.2, 0.25) is 0 Å². The van der Waals surface area contributed by atoms with Gasteiger partial charge in [-0.25, -0.2) is 18.3 Å². The zero-order valence-electron chi connectivity index (χ0n) is 68.1. The van der Waals surface area contributed by atoms with Crippen LogP contribution in [0.3, 0.4) is 0 Å². The van der Waals surface area contributed by atoms with Crippen LogP contribution in [0.15, 0.2) is 340 Å². The Morgan fingerprint density at radius 2 is 0.473 bits per heavy atom. The van der Waals surface area contributed by atoms with Crippen molar-refractivity contribution in [3.63, 3.8) is 0 Å². The van der Waals surface area contributed by atoms with Crippen LogP contribution in [0, 0.1) is 83.1 Å². The highest BCUT2D eigenvalue weighted by atomic mass is 14.9. The van der Waals surface area contributed by atoms with E-state index >= 15 is 0 Å². The highest BCUT2D eigenvalue weighted by Gasteiger charge is 2.23. The molecular weight excluding hydrogens is 1350 g/mol. The molecule has 0 N–H and O–H groups in total. The van der Waals surface area contributed by atoms with Crippen LogP contribution in [0.4, 0.5) is 0 Å². The van der Waals surface area contributed by atoms with Gasteiger partial charge in [-0.1, -0.05) is 260 Å². The molecule has 0 fully saturated rings. The predicted molar refractivity (Wildman–Crippen MR) is 473 cm³/mol. The predicted octanol–water partition coefficient (Wildman–Crippen LogP) is 25.7. The van der Waals surface area contributed by atoms with Gasteiger partial charge < -0.3 is 0 Å². The first kappa shape index (κ1) is 77.4. The van der Waals surface area contributed by atoms with Crippen molar-refractivity contribution in [2.24, 2.45) is 28.2 Å². The van der Waals surface area contributed by atoms with Crippen LogP contribution in [-0.2, 0) is 28.2 Å². The molecule has 0 aliphatic heterocycles. The van der Waals surface area contributed by atoms with Gasteiger partial charge in [0.2, 0.25) is 22.8 Å².